The number of rotatable bonds is 10. The van der Waals surface area contributed by atoms with Crippen LogP contribution in [0.25, 0.3) is 0 Å². The summed E-state index contributed by atoms with van der Waals surface area (Å²) in [5, 5.41) is 2.95. The highest BCUT2D eigenvalue weighted by Gasteiger charge is 2.18. The molecule has 0 spiro atoms. The van der Waals surface area contributed by atoms with Gasteiger partial charge in [0, 0.05) is 12.1 Å². The van der Waals surface area contributed by atoms with Gasteiger partial charge < -0.3 is 10.1 Å². The van der Waals surface area contributed by atoms with Crippen LogP contribution in [0.2, 0.25) is 0 Å². The van der Waals surface area contributed by atoms with Crippen molar-refractivity contribution in [3.8, 4) is 5.75 Å². The Morgan fingerprint density at radius 2 is 1.63 bits per heavy atom. The zero-order valence-corrected chi connectivity index (χ0v) is 17.3. The van der Waals surface area contributed by atoms with Crippen molar-refractivity contribution < 1.29 is 14.3 Å². The van der Waals surface area contributed by atoms with E-state index in [4.69, 9.17) is 4.74 Å². The number of ether oxygens (including phenoxy) is 1. The molecule has 3 rings (SSSR count). The molecule has 0 fully saturated rings. The van der Waals surface area contributed by atoms with Gasteiger partial charge in [0.1, 0.15) is 18.6 Å². The van der Waals surface area contributed by atoms with Crippen LogP contribution < -0.4 is 10.1 Å². The van der Waals surface area contributed by atoms with Gasteiger partial charge in [-0.2, -0.15) is 0 Å². The summed E-state index contributed by atoms with van der Waals surface area (Å²) in [6, 6.07) is 23.0. The van der Waals surface area contributed by atoms with Gasteiger partial charge in [0.25, 0.3) is 5.91 Å². The third-order valence-corrected chi connectivity index (χ3v) is 4.89. The summed E-state index contributed by atoms with van der Waals surface area (Å²) in [7, 11) is 0. The van der Waals surface area contributed by atoms with Crippen LogP contribution in [-0.4, -0.2) is 12.2 Å². The second kappa shape index (κ2) is 11.0. The Morgan fingerprint density at radius 1 is 0.967 bits per heavy atom. The van der Waals surface area contributed by atoms with E-state index in [0.29, 0.717) is 30.0 Å². The van der Waals surface area contributed by atoms with E-state index >= 15 is 0 Å². The number of hydrogen-bond donors (Lipinski definition) is 1. The molecule has 0 heterocycles. The maximum Gasteiger partial charge on any atom is 0.255 e. The largest absolute Gasteiger partial charge is 0.488 e. The lowest BCUT2D eigenvalue weighted by molar-refractivity contribution is 0.0946. The molecular formula is C26H27NO3. The minimum absolute atomic E-state index is 0.247. The van der Waals surface area contributed by atoms with E-state index in [0.717, 1.165) is 42.2 Å². The van der Waals surface area contributed by atoms with Gasteiger partial charge >= 0.3 is 0 Å². The van der Waals surface area contributed by atoms with Crippen LogP contribution in [0.4, 0.5) is 0 Å². The van der Waals surface area contributed by atoms with Crippen LogP contribution in [0.5, 0.6) is 5.75 Å². The first kappa shape index (κ1) is 21.3. The molecule has 30 heavy (non-hydrogen) atoms. The number of benzene rings is 3. The van der Waals surface area contributed by atoms with Crippen molar-refractivity contribution >= 4 is 12.2 Å². The zero-order chi connectivity index (χ0) is 21.2. The molecule has 3 aromatic carbocycles. The van der Waals surface area contributed by atoms with Gasteiger partial charge in [0.05, 0.1) is 5.56 Å². The number of unbranched alkanes of at least 4 members (excludes halogenated alkanes) is 1. The van der Waals surface area contributed by atoms with Crippen molar-refractivity contribution in [2.75, 3.05) is 0 Å². The van der Waals surface area contributed by atoms with Crippen LogP contribution in [-0.2, 0) is 19.6 Å². The monoisotopic (exact) mass is 401 g/mol. The first-order valence-electron chi connectivity index (χ1n) is 10.3. The number of aldehydes is 1. The van der Waals surface area contributed by atoms with Gasteiger partial charge in [-0.15, -0.1) is 0 Å². The lowest BCUT2D eigenvalue weighted by atomic mass is 9.99. The summed E-state index contributed by atoms with van der Waals surface area (Å²) >= 11 is 0. The Morgan fingerprint density at radius 3 is 2.27 bits per heavy atom. The normalized spacial score (nSPS) is 10.4. The molecule has 0 saturated heterocycles. The minimum Gasteiger partial charge on any atom is -0.488 e. The van der Waals surface area contributed by atoms with E-state index in [9.17, 15) is 9.59 Å². The van der Waals surface area contributed by atoms with Crippen molar-refractivity contribution in [3.63, 3.8) is 0 Å². The van der Waals surface area contributed by atoms with E-state index in [-0.39, 0.29) is 5.91 Å². The molecule has 1 N–H and O–H groups in total. The maximum absolute atomic E-state index is 13.0. The number of carbonyl (C=O) groups excluding carboxylic acids is 2. The molecule has 3 aromatic rings. The molecule has 0 aliphatic rings. The molecule has 0 aliphatic carbocycles. The topological polar surface area (TPSA) is 55.4 Å². The fourth-order valence-corrected chi connectivity index (χ4v) is 3.28. The highest BCUT2D eigenvalue weighted by Crippen LogP contribution is 2.29. The quantitative estimate of drug-likeness (QED) is 0.466. The predicted octanol–water partition coefficient (Wildman–Crippen LogP) is 5.35. The van der Waals surface area contributed by atoms with Crippen LogP contribution in [0.3, 0.4) is 0 Å². The number of hydrogen-bond acceptors (Lipinski definition) is 3. The summed E-state index contributed by atoms with van der Waals surface area (Å²) in [5.41, 5.74) is 3.81. The Balaban J connectivity index is 1.89. The predicted molar refractivity (Wildman–Crippen MR) is 119 cm³/mol. The fraction of sp³-hybridized carbons (Fsp3) is 0.231. The van der Waals surface area contributed by atoms with Gasteiger partial charge in [-0.05, 0) is 41.7 Å². The minimum atomic E-state index is -0.247. The highest BCUT2D eigenvalue weighted by molar-refractivity contribution is 5.99. The second-order valence-electron chi connectivity index (χ2n) is 7.22. The molecule has 0 bridgehead atoms. The van der Waals surface area contributed by atoms with Gasteiger partial charge in [-0.3, -0.25) is 9.59 Å². The van der Waals surface area contributed by atoms with Gasteiger partial charge in [0.2, 0.25) is 0 Å². The van der Waals surface area contributed by atoms with Crippen molar-refractivity contribution in [1.82, 2.24) is 5.32 Å². The number of amides is 1. The van der Waals surface area contributed by atoms with Crippen LogP contribution >= 0.6 is 0 Å². The zero-order valence-electron chi connectivity index (χ0n) is 17.3. The molecular weight excluding hydrogens is 374 g/mol. The Hall–Kier alpha value is -3.40. The Labute approximate surface area is 177 Å². The molecule has 4 nitrogen and oxygen atoms in total. The van der Waals surface area contributed by atoms with Crippen molar-refractivity contribution in [2.45, 2.75) is 39.3 Å². The standard InChI is InChI=1S/C26H27NO3/c1-2-3-14-23-15-22(18-28)16-24(25(23)30-19-21-12-8-5-9-13-21)26(29)27-17-20-10-6-4-7-11-20/h4-13,15-16,18H,2-3,14,17,19H2,1H3,(H,27,29). The van der Waals surface area contributed by atoms with E-state index in [1.807, 2.05) is 66.7 Å². The van der Waals surface area contributed by atoms with Crippen molar-refractivity contribution in [2.24, 2.45) is 0 Å². The Bertz CT molecular complexity index is 968. The summed E-state index contributed by atoms with van der Waals surface area (Å²) in [6.45, 7) is 2.88. The molecule has 0 aromatic heterocycles. The molecule has 1 amide bonds. The number of carbonyl (C=O) groups is 2. The molecule has 0 atom stereocenters. The fourth-order valence-electron chi connectivity index (χ4n) is 3.28. The molecule has 0 saturated carbocycles. The average Bonchev–Trinajstić information content (AvgIpc) is 2.81. The lowest BCUT2D eigenvalue weighted by Gasteiger charge is -2.17. The molecule has 4 heteroatoms. The third-order valence-electron chi connectivity index (χ3n) is 4.89. The summed E-state index contributed by atoms with van der Waals surface area (Å²) < 4.78 is 6.15. The third kappa shape index (κ3) is 5.80. The van der Waals surface area contributed by atoms with Crippen LogP contribution in [0.15, 0.2) is 72.8 Å². The van der Waals surface area contributed by atoms with Gasteiger partial charge in [0.15, 0.2) is 0 Å². The molecule has 0 unspecified atom stereocenters. The smallest absolute Gasteiger partial charge is 0.255 e. The first-order valence-corrected chi connectivity index (χ1v) is 10.3. The Kier molecular flexibility index (Phi) is 7.78. The van der Waals surface area contributed by atoms with Crippen molar-refractivity contribution in [3.05, 3.63) is 101 Å². The SMILES string of the molecule is CCCCc1cc(C=O)cc(C(=O)NCc2ccccc2)c1OCc1ccccc1. The number of nitrogens with one attached hydrogen (secondary N) is 1. The van der Waals surface area contributed by atoms with Crippen molar-refractivity contribution in [1.29, 1.82) is 0 Å². The van der Waals surface area contributed by atoms with E-state index in [1.165, 1.54) is 0 Å². The molecule has 0 radical (unpaired) electrons. The van der Waals surface area contributed by atoms with Gasteiger partial charge in [-0.1, -0.05) is 74.0 Å². The van der Waals surface area contributed by atoms with Gasteiger partial charge in [-0.25, -0.2) is 0 Å². The van der Waals surface area contributed by atoms with Crippen LogP contribution in [0, 0.1) is 0 Å². The average molecular weight is 402 g/mol. The van der Waals surface area contributed by atoms with E-state index in [2.05, 4.69) is 12.2 Å². The summed E-state index contributed by atoms with van der Waals surface area (Å²) in [6.07, 6.45) is 3.50. The summed E-state index contributed by atoms with van der Waals surface area (Å²) in [4.78, 5) is 24.5. The first-order chi connectivity index (χ1) is 14.7. The lowest BCUT2D eigenvalue weighted by Crippen LogP contribution is -2.24. The van der Waals surface area contributed by atoms with E-state index < -0.39 is 0 Å². The molecule has 0 aliphatic heterocycles. The second-order valence-corrected chi connectivity index (χ2v) is 7.22. The van der Waals surface area contributed by atoms with Crippen LogP contribution in [0.1, 0.15) is 57.2 Å². The number of aryl methyl sites for hydroxylation is 1. The molecule has 154 valence electrons. The summed E-state index contributed by atoms with van der Waals surface area (Å²) in [5.74, 6) is 0.312. The maximum atomic E-state index is 13.0. The van der Waals surface area contributed by atoms with E-state index in [1.54, 1.807) is 6.07 Å². The highest BCUT2D eigenvalue weighted by atomic mass is 16.5.